The topological polar surface area (TPSA) is 166 Å². The minimum Gasteiger partial charge on any atom is -0.497 e. The summed E-state index contributed by atoms with van der Waals surface area (Å²) in [5, 5.41) is 3.53. The van der Waals surface area contributed by atoms with E-state index in [0.717, 1.165) is 0 Å². The summed E-state index contributed by atoms with van der Waals surface area (Å²) in [5.41, 5.74) is 8.01. The van der Waals surface area contributed by atoms with Gasteiger partial charge in [-0.3, -0.25) is 14.3 Å². The Morgan fingerprint density at radius 1 is 1.03 bits per heavy atom. The number of primary amides is 1. The van der Waals surface area contributed by atoms with Gasteiger partial charge in [0.2, 0.25) is 9.84 Å². The highest BCUT2D eigenvalue weighted by Crippen LogP contribution is 2.35. The van der Waals surface area contributed by atoms with Crippen LogP contribution in [0.5, 0.6) is 5.75 Å². The molecule has 1 heterocycles. The van der Waals surface area contributed by atoms with Gasteiger partial charge in [0, 0.05) is 23.3 Å². The van der Waals surface area contributed by atoms with Gasteiger partial charge in [0.25, 0.3) is 16.0 Å². The number of methoxy groups -OCH3 is 1. The fourth-order valence-corrected chi connectivity index (χ4v) is 5.95. The van der Waals surface area contributed by atoms with Crippen molar-refractivity contribution >= 4 is 48.1 Å². The first-order valence-electron chi connectivity index (χ1n) is 11.3. The molecule has 0 unspecified atom stereocenters. The Balaban J connectivity index is 1.86. The Labute approximate surface area is 220 Å². The number of nitrogens with one attached hydrogen (secondary N) is 1. The summed E-state index contributed by atoms with van der Waals surface area (Å²) in [4.78, 5) is 16.5. The molecule has 10 nitrogen and oxygen atoms in total. The first-order chi connectivity index (χ1) is 17.9. The van der Waals surface area contributed by atoms with Crippen LogP contribution >= 0.6 is 0 Å². The molecule has 0 spiro atoms. The molecule has 0 saturated heterocycles. The van der Waals surface area contributed by atoms with Gasteiger partial charge in [0.1, 0.15) is 5.75 Å². The molecule has 0 aliphatic heterocycles. The Hall–Kier alpha value is -4.00. The zero-order valence-corrected chi connectivity index (χ0v) is 22.1. The molecule has 38 heavy (non-hydrogen) atoms. The number of hydrogen-bond acceptors (Lipinski definition) is 8. The molecule has 4 N–H and O–H groups in total. The maximum atomic E-state index is 13.6. The van der Waals surface area contributed by atoms with E-state index in [0.29, 0.717) is 33.5 Å². The molecule has 0 fully saturated rings. The highest BCUT2D eigenvalue weighted by molar-refractivity contribution is 7.91. The summed E-state index contributed by atoms with van der Waals surface area (Å²) in [6.45, 7) is 1.70. The largest absolute Gasteiger partial charge is 0.497 e. The lowest BCUT2D eigenvalue weighted by atomic mass is 10.1. The number of aryl methyl sites for hydroxylation is 2. The van der Waals surface area contributed by atoms with Crippen molar-refractivity contribution in [1.82, 2.24) is 4.98 Å². The summed E-state index contributed by atoms with van der Waals surface area (Å²) >= 11 is 0. The normalized spacial score (nSPS) is 11.9. The van der Waals surface area contributed by atoms with Gasteiger partial charge in [-0.25, -0.2) is 8.42 Å². The number of ether oxygens (including phenoxy) is 1. The van der Waals surface area contributed by atoms with E-state index in [1.165, 1.54) is 43.6 Å². The van der Waals surface area contributed by atoms with Gasteiger partial charge >= 0.3 is 0 Å². The zero-order valence-electron chi connectivity index (χ0n) is 20.5. The van der Waals surface area contributed by atoms with Crippen molar-refractivity contribution in [2.45, 2.75) is 23.1 Å². The second-order valence-corrected chi connectivity index (χ2v) is 12.1. The van der Waals surface area contributed by atoms with E-state index in [9.17, 15) is 21.6 Å². The summed E-state index contributed by atoms with van der Waals surface area (Å²) in [5.74, 6) is -0.712. The van der Waals surface area contributed by atoms with Crippen LogP contribution in [0.4, 0.5) is 11.4 Å². The van der Waals surface area contributed by atoms with Crippen LogP contribution in [0.1, 0.15) is 21.5 Å². The van der Waals surface area contributed by atoms with Crippen LogP contribution in [0.3, 0.4) is 0 Å². The number of sulfone groups is 1. The third-order valence-electron chi connectivity index (χ3n) is 5.91. The standard InChI is InChI=1S/C26H25N3O7S2/c1-16-11-21(38(34,35)20-8-3-5-17(12-20)9-10-37(31,32)33)14-22-24(16)28-15-23(26(27)30)25(22)29-18-6-4-7-19(13-18)36-2/h3-8,11-15H,9-10H2,1-2H3,(H2,27,30)(H,28,29)(H,31,32,33). The van der Waals surface area contributed by atoms with Crippen LogP contribution < -0.4 is 15.8 Å². The van der Waals surface area contributed by atoms with Crippen molar-refractivity contribution in [1.29, 1.82) is 0 Å². The molecule has 0 aliphatic rings. The van der Waals surface area contributed by atoms with E-state index in [2.05, 4.69) is 10.3 Å². The van der Waals surface area contributed by atoms with Gasteiger partial charge in [-0.05, 0) is 60.9 Å². The van der Waals surface area contributed by atoms with Gasteiger partial charge in [0.05, 0.1) is 39.4 Å². The van der Waals surface area contributed by atoms with Gasteiger partial charge < -0.3 is 15.8 Å². The molecule has 0 radical (unpaired) electrons. The SMILES string of the molecule is COc1cccc(Nc2c(C(N)=O)cnc3c(C)cc(S(=O)(=O)c4cccc(CCS(=O)(=O)O)c4)cc23)c1. The Kier molecular flexibility index (Phi) is 7.40. The van der Waals surface area contributed by atoms with Gasteiger partial charge in [-0.1, -0.05) is 18.2 Å². The van der Waals surface area contributed by atoms with Crippen molar-refractivity contribution < 1.29 is 30.9 Å². The molecule has 1 aromatic heterocycles. The summed E-state index contributed by atoms with van der Waals surface area (Å²) in [6, 6.07) is 15.7. The molecule has 4 rings (SSSR count). The molecule has 0 bridgehead atoms. The van der Waals surface area contributed by atoms with E-state index in [-0.39, 0.29) is 27.5 Å². The molecule has 4 aromatic rings. The van der Waals surface area contributed by atoms with Crippen LogP contribution in [0, 0.1) is 6.92 Å². The lowest BCUT2D eigenvalue weighted by Gasteiger charge is -2.16. The van der Waals surface area contributed by atoms with Crippen LogP contribution in [0.2, 0.25) is 0 Å². The predicted octanol–water partition coefficient (Wildman–Crippen LogP) is 3.66. The van der Waals surface area contributed by atoms with Crippen molar-refractivity contribution in [3.63, 3.8) is 0 Å². The molecular weight excluding hydrogens is 530 g/mol. The van der Waals surface area contributed by atoms with Crippen molar-refractivity contribution in [3.8, 4) is 5.75 Å². The number of pyridine rings is 1. The van der Waals surface area contributed by atoms with E-state index >= 15 is 0 Å². The van der Waals surface area contributed by atoms with Crippen molar-refractivity contribution in [3.05, 3.63) is 83.6 Å². The second kappa shape index (κ2) is 10.4. The smallest absolute Gasteiger partial charge is 0.265 e. The number of carbonyl (C=O) groups is 1. The number of benzene rings is 3. The quantitative estimate of drug-likeness (QED) is 0.261. The van der Waals surface area contributed by atoms with Crippen LogP contribution in [0.25, 0.3) is 10.9 Å². The maximum absolute atomic E-state index is 13.6. The van der Waals surface area contributed by atoms with Crippen LogP contribution in [-0.2, 0) is 26.4 Å². The summed E-state index contributed by atoms with van der Waals surface area (Å²) in [6.07, 6.45) is 1.28. The molecular formula is C26H25N3O7S2. The Morgan fingerprint density at radius 2 is 1.76 bits per heavy atom. The Morgan fingerprint density at radius 3 is 2.45 bits per heavy atom. The van der Waals surface area contributed by atoms with Crippen LogP contribution in [-0.4, -0.2) is 45.1 Å². The maximum Gasteiger partial charge on any atom is 0.265 e. The van der Waals surface area contributed by atoms with E-state index in [1.807, 2.05) is 0 Å². The summed E-state index contributed by atoms with van der Waals surface area (Å²) in [7, 11) is -6.75. The average Bonchev–Trinajstić information content (AvgIpc) is 2.87. The molecule has 0 atom stereocenters. The lowest BCUT2D eigenvalue weighted by Crippen LogP contribution is -2.14. The predicted molar refractivity (Wildman–Crippen MR) is 143 cm³/mol. The molecule has 0 aliphatic carbocycles. The fourth-order valence-electron chi connectivity index (χ4n) is 4.02. The number of aromatic nitrogens is 1. The molecule has 12 heteroatoms. The molecule has 198 valence electrons. The fraction of sp³-hybridized carbons (Fsp3) is 0.154. The first-order valence-corrected chi connectivity index (χ1v) is 14.4. The number of amides is 1. The third-order valence-corrected chi connectivity index (χ3v) is 8.36. The number of fused-ring (bicyclic) bond motifs is 1. The van der Waals surface area contributed by atoms with Gasteiger partial charge in [0.15, 0.2) is 0 Å². The number of hydrogen-bond donors (Lipinski definition) is 3. The van der Waals surface area contributed by atoms with Crippen LogP contribution in [0.15, 0.2) is 76.7 Å². The average molecular weight is 556 g/mol. The highest BCUT2D eigenvalue weighted by Gasteiger charge is 2.23. The number of rotatable bonds is 9. The minimum absolute atomic E-state index is 0.0495. The molecule has 1 amide bonds. The van der Waals surface area contributed by atoms with Crippen molar-refractivity contribution in [2.75, 3.05) is 18.2 Å². The van der Waals surface area contributed by atoms with E-state index in [4.69, 9.17) is 15.0 Å². The number of nitrogens with two attached hydrogens (primary N) is 1. The zero-order chi connectivity index (χ0) is 27.7. The Bertz CT molecular complexity index is 1770. The lowest BCUT2D eigenvalue weighted by molar-refractivity contribution is 0.100. The summed E-state index contributed by atoms with van der Waals surface area (Å²) < 4.78 is 63.8. The third kappa shape index (κ3) is 5.77. The number of carbonyl (C=O) groups excluding carboxylic acids is 1. The number of anilines is 2. The number of nitrogens with zero attached hydrogens (tertiary/aromatic N) is 1. The highest BCUT2D eigenvalue weighted by atomic mass is 32.2. The van der Waals surface area contributed by atoms with Crippen molar-refractivity contribution in [2.24, 2.45) is 5.73 Å². The molecule has 3 aromatic carbocycles. The van der Waals surface area contributed by atoms with Gasteiger partial charge in [-0.15, -0.1) is 0 Å². The monoisotopic (exact) mass is 555 g/mol. The first kappa shape index (κ1) is 27.0. The van der Waals surface area contributed by atoms with E-state index in [1.54, 1.807) is 37.3 Å². The second-order valence-electron chi connectivity index (χ2n) is 8.59. The minimum atomic E-state index is -4.21. The van der Waals surface area contributed by atoms with Gasteiger partial charge in [-0.2, -0.15) is 8.42 Å². The molecule has 0 saturated carbocycles. The van der Waals surface area contributed by atoms with E-state index < -0.39 is 31.6 Å².